The first-order valence-electron chi connectivity index (χ1n) is 7.53. The van der Waals surface area contributed by atoms with Crippen LogP contribution in [-0.4, -0.2) is 11.2 Å². The molecule has 0 aromatic heterocycles. The minimum absolute atomic E-state index is 0.129. The van der Waals surface area contributed by atoms with Crippen LogP contribution in [0.4, 0.5) is 0 Å². The Hall–Kier alpha value is -1.02. The van der Waals surface area contributed by atoms with E-state index in [2.05, 4.69) is 13.8 Å². The summed E-state index contributed by atoms with van der Waals surface area (Å²) in [4.78, 5) is 0. The second-order valence-electron chi connectivity index (χ2n) is 5.49. The fourth-order valence-electron chi connectivity index (χ4n) is 2.54. The van der Waals surface area contributed by atoms with Crippen molar-refractivity contribution in [1.29, 1.82) is 0 Å². The SMILES string of the molecule is CCCC(CCC)C(O)c1ccccc1OC(C)C. The van der Waals surface area contributed by atoms with Crippen molar-refractivity contribution in [3.8, 4) is 5.75 Å². The molecule has 0 saturated heterocycles. The molecular weight excluding hydrogens is 236 g/mol. The number of hydrogen-bond donors (Lipinski definition) is 1. The molecule has 0 fully saturated rings. The molecule has 1 atom stereocenters. The number of aliphatic hydroxyl groups excluding tert-OH is 1. The smallest absolute Gasteiger partial charge is 0.125 e. The summed E-state index contributed by atoms with van der Waals surface area (Å²) in [7, 11) is 0. The largest absolute Gasteiger partial charge is 0.491 e. The molecule has 1 aromatic rings. The van der Waals surface area contributed by atoms with Gasteiger partial charge in [-0.15, -0.1) is 0 Å². The minimum Gasteiger partial charge on any atom is -0.491 e. The standard InChI is InChI=1S/C17H28O2/c1-5-9-14(10-6-2)17(18)15-11-7-8-12-16(15)19-13(3)4/h7-8,11-14,17-18H,5-6,9-10H2,1-4H3. The van der Waals surface area contributed by atoms with Crippen LogP contribution in [0.25, 0.3) is 0 Å². The molecule has 2 nitrogen and oxygen atoms in total. The first kappa shape index (κ1) is 16.0. The zero-order chi connectivity index (χ0) is 14.3. The first-order chi connectivity index (χ1) is 9.10. The van der Waals surface area contributed by atoms with Crippen LogP contribution >= 0.6 is 0 Å². The van der Waals surface area contributed by atoms with E-state index in [1.807, 2.05) is 38.1 Å². The van der Waals surface area contributed by atoms with Gasteiger partial charge >= 0.3 is 0 Å². The predicted octanol–water partition coefficient (Wildman–Crippen LogP) is 4.72. The summed E-state index contributed by atoms with van der Waals surface area (Å²) in [5.74, 6) is 1.15. The van der Waals surface area contributed by atoms with Gasteiger partial charge in [0.25, 0.3) is 0 Å². The Morgan fingerprint density at radius 2 is 1.63 bits per heavy atom. The molecular formula is C17H28O2. The maximum atomic E-state index is 10.7. The zero-order valence-corrected chi connectivity index (χ0v) is 12.7. The number of rotatable bonds is 8. The van der Waals surface area contributed by atoms with Crippen molar-refractivity contribution in [2.24, 2.45) is 5.92 Å². The lowest BCUT2D eigenvalue weighted by atomic mass is 9.88. The lowest BCUT2D eigenvalue weighted by molar-refractivity contribution is 0.0913. The molecule has 1 N–H and O–H groups in total. The highest BCUT2D eigenvalue weighted by molar-refractivity contribution is 5.35. The predicted molar refractivity (Wildman–Crippen MR) is 80.5 cm³/mol. The van der Waals surface area contributed by atoms with Crippen molar-refractivity contribution in [2.45, 2.75) is 65.6 Å². The zero-order valence-electron chi connectivity index (χ0n) is 12.7. The molecule has 1 rings (SSSR count). The molecule has 0 heterocycles. The molecule has 0 radical (unpaired) electrons. The Morgan fingerprint density at radius 1 is 1.05 bits per heavy atom. The van der Waals surface area contributed by atoms with E-state index >= 15 is 0 Å². The number of benzene rings is 1. The van der Waals surface area contributed by atoms with Crippen molar-refractivity contribution in [1.82, 2.24) is 0 Å². The van der Waals surface area contributed by atoms with Gasteiger partial charge in [0.15, 0.2) is 0 Å². The molecule has 0 spiro atoms. The van der Waals surface area contributed by atoms with Gasteiger partial charge in [-0.3, -0.25) is 0 Å². The van der Waals surface area contributed by atoms with Gasteiger partial charge in [-0.25, -0.2) is 0 Å². The van der Waals surface area contributed by atoms with Crippen molar-refractivity contribution in [3.63, 3.8) is 0 Å². The summed E-state index contributed by atoms with van der Waals surface area (Å²) in [6.45, 7) is 8.37. The van der Waals surface area contributed by atoms with Gasteiger partial charge in [0.2, 0.25) is 0 Å². The van der Waals surface area contributed by atoms with E-state index in [1.54, 1.807) is 0 Å². The van der Waals surface area contributed by atoms with Crippen molar-refractivity contribution in [2.75, 3.05) is 0 Å². The molecule has 0 amide bonds. The van der Waals surface area contributed by atoms with E-state index in [1.165, 1.54) is 0 Å². The topological polar surface area (TPSA) is 29.5 Å². The van der Waals surface area contributed by atoms with Crippen molar-refractivity contribution < 1.29 is 9.84 Å². The third-order valence-electron chi connectivity index (χ3n) is 3.37. The molecule has 19 heavy (non-hydrogen) atoms. The highest BCUT2D eigenvalue weighted by Crippen LogP contribution is 2.34. The first-order valence-corrected chi connectivity index (χ1v) is 7.53. The third kappa shape index (κ3) is 4.87. The lowest BCUT2D eigenvalue weighted by Crippen LogP contribution is -2.15. The summed E-state index contributed by atoms with van der Waals surface area (Å²) in [5.41, 5.74) is 0.933. The van der Waals surface area contributed by atoms with Gasteiger partial charge < -0.3 is 9.84 Å². The van der Waals surface area contributed by atoms with Crippen LogP contribution in [0.15, 0.2) is 24.3 Å². The third-order valence-corrected chi connectivity index (χ3v) is 3.37. The van der Waals surface area contributed by atoms with Crippen LogP contribution in [0.2, 0.25) is 0 Å². The van der Waals surface area contributed by atoms with Crippen LogP contribution in [0.1, 0.15) is 65.0 Å². The highest BCUT2D eigenvalue weighted by Gasteiger charge is 2.22. The van der Waals surface area contributed by atoms with Crippen LogP contribution in [-0.2, 0) is 0 Å². The maximum absolute atomic E-state index is 10.7. The summed E-state index contributed by atoms with van der Waals surface area (Å²) in [6.07, 6.45) is 4.04. The minimum atomic E-state index is -0.421. The van der Waals surface area contributed by atoms with E-state index in [9.17, 15) is 5.11 Å². The van der Waals surface area contributed by atoms with Crippen LogP contribution in [0.3, 0.4) is 0 Å². The maximum Gasteiger partial charge on any atom is 0.125 e. The Balaban J connectivity index is 2.92. The summed E-state index contributed by atoms with van der Waals surface area (Å²) < 4.78 is 5.81. The van der Waals surface area contributed by atoms with Gasteiger partial charge in [-0.2, -0.15) is 0 Å². The molecule has 0 saturated carbocycles. The van der Waals surface area contributed by atoms with Crippen LogP contribution < -0.4 is 4.74 Å². The van der Waals surface area contributed by atoms with Gasteiger partial charge in [-0.1, -0.05) is 44.9 Å². The fraction of sp³-hybridized carbons (Fsp3) is 0.647. The second-order valence-corrected chi connectivity index (χ2v) is 5.49. The summed E-state index contributed by atoms with van der Waals surface area (Å²) >= 11 is 0. The van der Waals surface area contributed by atoms with Gasteiger partial charge in [-0.05, 0) is 38.7 Å². The fourth-order valence-corrected chi connectivity index (χ4v) is 2.54. The van der Waals surface area contributed by atoms with E-state index in [4.69, 9.17) is 4.74 Å². The average molecular weight is 264 g/mol. The quantitative estimate of drug-likeness (QED) is 0.736. The molecule has 1 aromatic carbocycles. The molecule has 0 bridgehead atoms. The lowest BCUT2D eigenvalue weighted by Gasteiger charge is -2.25. The monoisotopic (exact) mass is 264 g/mol. The van der Waals surface area contributed by atoms with Crippen molar-refractivity contribution >= 4 is 0 Å². The molecule has 0 aliphatic carbocycles. The normalized spacial score (nSPS) is 13.0. The van der Waals surface area contributed by atoms with Crippen molar-refractivity contribution in [3.05, 3.63) is 29.8 Å². The average Bonchev–Trinajstić information content (AvgIpc) is 2.38. The molecule has 0 aliphatic heterocycles. The molecule has 1 unspecified atom stereocenters. The van der Waals surface area contributed by atoms with Crippen LogP contribution in [0, 0.1) is 5.92 Å². The Morgan fingerprint density at radius 3 is 2.16 bits per heavy atom. The van der Waals surface area contributed by atoms with E-state index in [0.717, 1.165) is 37.0 Å². The highest BCUT2D eigenvalue weighted by atomic mass is 16.5. The Kier molecular flexibility index (Phi) is 6.93. The number of aliphatic hydroxyl groups is 1. The van der Waals surface area contributed by atoms with E-state index in [0.29, 0.717) is 5.92 Å². The Labute approximate surface area is 117 Å². The van der Waals surface area contributed by atoms with Gasteiger partial charge in [0, 0.05) is 5.56 Å². The number of ether oxygens (including phenoxy) is 1. The number of hydrogen-bond acceptors (Lipinski definition) is 2. The van der Waals surface area contributed by atoms with Gasteiger partial charge in [0.05, 0.1) is 12.2 Å². The summed E-state index contributed by atoms with van der Waals surface area (Å²) in [6, 6.07) is 7.87. The summed E-state index contributed by atoms with van der Waals surface area (Å²) in [5, 5.41) is 10.7. The van der Waals surface area contributed by atoms with E-state index < -0.39 is 6.10 Å². The van der Waals surface area contributed by atoms with Gasteiger partial charge in [0.1, 0.15) is 5.75 Å². The Bertz CT molecular complexity index is 354. The molecule has 0 aliphatic rings. The molecule has 108 valence electrons. The molecule has 2 heteroatoms. The number of para-hydroxylation sites is 1. The van der Waals surface area contributed by atoms with Crippen LogP contribution in [0.5, 0.6) is 5.75 Å². The van der Waals surface area contributed by atoms with E-state index in [-0.39, 0.29) is 6.10 Å². The second kappa shape index (κ2) is 8.21.